The van der Waals surface area contributed by atoms with E-state index < -0.39 is 0 Å². The van der Waals surface area contributed by atoms with Gasteiger partial charge < -0.3 is 19.7 Å². The third-order valence-corrected chi connectivity index (χ3v) is 4.65. The zero-order chi connectivity index (χ0) is 16.1. The first-order valence-corrected chi connectivity index (χ1v) is 8.63. The van der Waals surface area contributed by atoms with Crippen LogP contribution in [0.3, 0.4) is 0 Å². The zero-order valence-corrected chi connectivity index (χ0v) is 15.0. The summed E-state index contributed by atoms with van der Waals surface area (Å²) in [5.41, 5.74) is 0. The van der Waals surface area contributed by atoms with E-state index in [-0.39, 0.29) is 24.4 Å². The first-order chi connectivity index (χ1) is 11.3. The molecule has 0 aromatic heterocycles. The number of likely N-dealkylation sites (N-methyl/N-ethyl adjacent to an activating group) is 1. The van der Waals surface area contributed by atoms with Gasteiger partial charge in [-0.1, -0.05) is 12.1 Å². The van der Waals surface area contributed by atoms with Crippen molar-refractivity contribution < 1.29 is 14.3 Å². The summed E-state index contributed by atoms with van der Waals surface area (Å²) in [5.74, 6) is 2.43. The Morgan fingerprint density at radius 1 is 1.33 bits per heavy atom. The molecule has 0 radical (unpaired) electrons. The molecule has 0 bridgehead atoms. The third kappa shape index (κ3) is 4.77. The van der Waals surface area contributed by atoms with Crippen LogP contribution in [-0.2, 0) is 4.79 Å². The fraction of sp³-hybridized carbons (Fsp3) is 0.611. The summed E-state index contributed by atoms with van der Waals surface area (Å²) in [6.07, 6.45) is 2.70. The largest absolute Gasteiger partial charge is 0.486 e. The number of fused-ring (bicyclic) bond motifs is 1. The van der Waals surface area contributed by atoms with Gasteiger partial charge in [0.15, 0.2) is 17.6 Å². The number of para-hydroxylation sites is 2. The van der Waals surface area contributed by atoms with Crippen molar-refractivity contribution in [3.05, 3.63) is 24.3 Å². The molecule has 2 heterocycles. The van der Waals surface area contributed by atoms with Gasteiger partial charge in [0.25, 0.3) is 0 Å². The lowest BCUT2D eigenvalue weighted by Gasteiger charge is -2.31. The fourth-order valence-corrected chi connectivity index (χ4v) is 3.25. The maximum atomic E-state index is 12.5. The first-order valence-electron chi connectivity index (χ1n) is 8.63. The molecule has 0 saturated carbocycles. The second-order valence-electron chi connectivity index (χ2n) is 6.33. The van der Waals surface area contributed by atoms with Crippen molar-refractivity contribution >= 4 is 18.3 Å². The maximum absolute atomic E-state index is 12.5. The molecule has 3 rings (SSSR count). The van der Waals surface area contributed by atoms with Crippen LogP contribution in [-0.4, -0.2) is 49.7 Å². The molecule has 2 aliphatic heterocycles. The normalized spacial score (nSPS) is 21.9. The minimum atomic E-state index is -0.0954. The van der Waals surface area contributed by atoms with Crippen molar-refractivity contribution in [2.24, 2.45) is 5.92 Å². The van der Waals surface area contributed by atoms with Gasteiger partial charge in [-0.25, -0.2) is 0 Å². The molecule has 1 saturated heterocycles. The highest BCUT2D eigenvalue weighted by atomic mass is 35.5. The van der Waals surface area contributed by atoms with Gasteiger partial charge in [-0.3, -0.25) is 4.79 Å². The van der Waals surface area contributed by atoms with Gasteiger partial charge in [-0.15, -0.1) is 12.4 Å². The molecule has 6 heteroatoms. The summed E-state index contributed by atoms with van der Waals surface area (Å²) < 4.78 is 11.7. The van der Waals surface area contributed by atoms with Crippen molar-refractivity contribution in [2.45, 2.75) is 32.3 Å². The monoisotopic (exact) mass is 354 g/mol. The number of hydrogen-bond acceptors (Lipinski definition) is 4. The van der Waals surface area contributed by atoms with E-state index in [0.29, 0.717) is 32.0 Å². The molecule has 134 valence electrons. The predicted molar refractivity (Wildman–Crippen MR) is 96.1 cm³/mol. The minimum Gasteiger partial charge on any atom is -0.486 e. The van der Waals surface area contributed by atoms with Gasteiger partial charge in [0, 0.05) is 13.0 Å². The molecule has 24 heavy (non-hydrogen) atoms. The lowest BCUT2D eigenvalue weighted by atomic mass is 10.0. The lowest BCUT2D eigenvalue weighted by Crippen LogP contribution is -2.43. The molecule has 1 aromatic rings. The number of nitrogens with zero attached hydrogens (tertiary/aromatic N) is 1. The Bertz CT molecular complexity index is 535. The number of benzene rings is 1. The Kier molecular flexibility index (Phi) is 7.18. The standard InChI is InChI=1S/C18H26N2O3.ClH/c1-2-20(18(21)8-7-14-9-10-19-11-14)12-15-13-22-16-5-3-4-6-17(16)23-15;/h3-6,14-15,19H,2,7-13H2,1H3;1H. The van der Waals surface area contributed by atoms with E-state index in [4.69, 9.17) is 9.47 Å². The first kappa shape index (κ1) is 18.9. The Morgan fingerprint density at radius 2 is 2.12 bits per heavy atom. The summed E-state index contributed by atoms with van der Waals surface area (Å²) in [4.78, 5) is 14.4. The molecule has 1 fully saturated rings. The Morgan fingerprint density at radius 3 is 2.83 bits per heavy atom. The molecule has 1 amide bonds. The van der Waals surface area contributed by atoms with Crippen LogP contribution in [0.15, 0.2) is 24.3 Å². The van der Waals surface area contributed by atoms with Crippen LogP contribution >= 0.6 is 12.4 Å². The van der Waals surface area contributed by atoms with Gasteiger partial charge in [-0.05, 0) is 50.9 Å². The summed E-state index contributed by atoms with van der Waals surface area (Å²) in [6, 6.07) is 7.68. The summed E-state index contributed by atoms with van der Waals surface area (Å²) in [7, 11) is 0. The smallest absolute Gasteiger partial charge is 0.222 e. The topological polar surface area (TPSA) is 50.8 Å². The number of hydrogen-bond donors (Lipinski definition) is 1. The van der Waals surface area contributed by atoms with Crippen LogP contribution in [0.1, 0.15) is 26.2 Å². The maximum Gasteiger partial charge on any atom is 0.222 e. The highest BCUT2D eigenvalue weighted by Gasteiger charge is 2.25. The zero-order valence-electron chi connectivity index (χ0n) is 14.2. The van der Waals surface area contributed by atoms with Gasteiger partial charge in [0.2, 0.25) is 5.91 Å². The van der Waals surface area contributed by atoms with E-state index >= 15 is 0 Å². The molecule has 2 aliphatic rings. The third-order valence-electron chi connectivity index (χ3n) is 4.65. The fourth-order valence-electron chi connectivity index (χ4n) is 3.25. The Labute approximate surface area is 150 Å². The van der Waals surface area contributed by atoms with Crippen LogP contribution in [0, 0.1) is 5.92 Å². The highest BCUT2D eigenvalue weighted by molar-refractivity contribution is 5.85. The molecular weight excluding hydrogens is 328 g/mol. The van der Waals surface area contributed by atoms with E-state index in [0.717, 1.165) is 31.0 Å². The van der Waals surface area contributed by atoms with Crippen molar-refractivity contribution in [1.82, 2.24) is 10.2 Å². The van der Waals surface area contributed by atoms with Crippen LogP contribution in [0.2, 0.25) is 0 Å². The van der Waals surface area contributed by atoms with E-state index in [2.05, 4.69) is 5.32 Å². The molecule has 1 N–H and O–H groups in total. The minimum absolute atomic E-state index is 0. The van der Waals surface area contributed by atoms with Crippen molar-refractivity contribution in [2.75, 3.05) is 32.8 Å². The van der Waals surface area contributed by atoms with E-state index in [1.807, 2.05) is 36.1 Å². The van der Waals surface area contributed by atoms with Crippen LogP contribution < -0.4 is 14.8 Å². The summed E-state index contributed by atoms with van der Waals surface area (Å²) in [6.45, 7) is 5.95. The number of halogens is 1. The van der Waals surface area contributed by atoms with Crippen molar-refractivity contribution in [3.63, 3.8) is 0 Å². The molecule has 1 aromatic carbocycles. The van der Waals surface area contributed by atoms with Gasteiger partial charge >= 0.3 is 0 Å². The number of carbonyl (C=O) groups excluding carboxylic acids is 1. The van der Waals surface area contributed by atoms with Gasteiger partial charge in [0.05, 0.1) is 6.54 Å². The number of amides is 1. The highest BCUT2D eigenvalue weighted by Crippen LogP contribution is 2.31. The van der Waals surface area contributed by atoms with Gasteiger partial charge in [0.1, 0.15) is 6.61 Å². The quantitative estimate of drug-likeness (QED) is 0.852. The van der Waals surface area contributed by atoms with Crippen LogP contribution in [0.4, 0.5) is 0 Å². The SMILES string of the molecule is CCN(CC1COc2ccccc2O1)C(=O)CCC1CCNC1.Cl. The van der Waals surface area contributed by atoms with Crippen molar-refractivity contribution in [3.8, 4) is 11.5 Å². The predicted octanol–water partition coefficient (Wildman–Crippen LogP) is 2.49. The van der Waals surface area contributed by atoms with E-state index in [9.17, 15) is 4.79 Å². The molecule has 0 spiro atoms. The van der Waals surface area contributed by atoms with Crippen LogP contribution in [0.25, 0.3) is 0 Å². The molecule has 0 aliphatic carbocycles. The molecular formula is C18H27ClN2O3. The summed E-state index contributed by atoms with van der Waals surface area (Å²) in [5, 5.41) is 3.35. The molecule has 5 nitrogen and oxygen atoms in total. The number of carbonyl (C=O) groups is 1. The lowest BCUT2D eigenvalue weighted by molar-refractivity contribution is -0.132. The Balaban J connectivity index is 0.00000208. The average molecular weight is 355 g/mol. The van der Waals surface area contributed by atoms with Crippen molar-refractivity contribution in [1.29, 1.82) is 0 Å². The Hall–Kier alpha value is -1.46. The molecule has 2 atom stereocenters. The van der Waals surface area contributed by atoms with Gasteiger partial charge in [-0.2, -0.15) is 0 Å². The van der Waals surface area contributed by atoms with E-state index in [1.165, 1.54) is 6.42 Å². The van der Waals surface area contributed by atoms with E-state index in [1.54, 1.807) is 0 Å². The van der Waals surface area contributed by atoms with Crippen LogP contribution in [0.5, 0.6) is 11.5 Å². The second-order valence-corrected chi connectivity index (χ2v) is 6.33. The number of nitrogens with one attached hydrogen (secondary N) is 1. The number of ether oxygens (including phenoxy) is 2. The number of rotatable bonds is 6. The molecule has 2 unspecified atom stereocenters. The summed E-state index contributed by atoms with van der Waals surface area (Å²) >= 11 is 0. The average Bonchev–Trinajstić information content (AvgIpc) is 3.11. The second kappa shape index (κ2) is 9.14.